The molecule has 1 saturated heterocycles. The molecule has 1 aliphatic rings. The minimum atomic E-state index is -0.348. The Labute approximate surface area is 209 Å². The molecule has 3 N–H and O–H groups in total. The van der Waals surface area contributed by atoms with Crippen molar-refractivity contribution in [3.05, 3.63) is 71.0 Å². The smallest absolute Gasteiger partial charge is 0.251 e. The predicted molar refractivity (Wildman–Crippen MR) is 141 cm³/mol. The molecule has 1 fully saturated rings. The van der Waals surface area contributed by atoms with Crippen LogP contribution in [0.25, 0.3) is 0 Å². The summed E-state index contributed by atoms with van der Waals surface area (Å²) in [6.07, 6.45) is 4.97. The van der Waals surface area contributed by atoms with Crippen molar-refractivity contribution in [1.82, 2.24) is 15.1 Å². The Morgan fingerprint density at radius 1 is 1.03 bits per heavy atom. The van der Waals surface area contributed by atoms with E-state index in [1.807, 2.05) is 19.1 Å². The van der Waals surface area contributed by atoms with Crippen LogP contribution in [-0.2, 0) is 12.8 Å². The summed E-state index contributed by atoms with van der Waals surface area (Å²) in [5.41, 5.74) is 9.19. The predicted octanol–water partition coefficient (Wildman–Crippen LogP) is 3.85. The zero-order valence-corrected chi connectivity index (χ0v) is 21.2. The van der Waals surface area contributed by atoms with Crippen molar-refractivity contribution in [1.29, 1.82) is 0 Å². The lowest BCUT2D eigenvalue weighted by molar-refractivity contribution is 0.0944. The van der Waals surface area contributed by atoms with E-state index < -0.39 is 0 Å². The van der Waals surface area contributed by atoms with Gasteiger partial charge in [0, 0.05) is 51.3 Å². The number of hydrogen-bond donors (Lipinski definition) is 2. The zero-order chi connectivity index (χ0) is 25.0. The highest BCUT2D eigenvalue weighted by atomic mass is 19.1. The summed E-state index contributed by atoms with van der Waals surface area (Å²) >= 11 is 0. The van der Waals surface area contributed by atoms with Gasteiger partial charge >= 0.3 is 0 Å². The molecule has 35 heavy (non-hydrogen) atoms. The molecule has 1 atom stereocenters. The molecule has 0 bridgehead atoms. The van der Waals surface area contributed by atoms with Crippen molar-refractivity contribution in [3.8, 4) is 0 Å². The normalized spacial score (nSPS) is 15.8. The van der Waals surface area contributed by atoms with Gasteiger partial charge in [0.05, 0.1) is 5.84 Å². The number of benzene rings is 2. The molecule has 1 heterocycles. The third kappa shape index (κ3) is 9.07. The third-order valence-corrected chi connectivity index (χ3v) is 6.54. The van der Waals surface area contributed by atoms with E-state index in [1.165, 1.54) is 37.0 Å². The summed E-state index contributed by atoms with van der Waals surface area (Å²) in [4.78, 5) is 21.7. The lowest BCUT2D eigenvalue weighted by Crippen LogP contribution is -2.50. The molecule has 2 aromatic carbocycles. The summed E-state index contributed by atoms with van der Waals surface area (Å²) in [7, 11) is 0. The van der Waals surface area contributed by atoms with E-state index in [2.05, 4.69) is 39.2 Å². The fourth-order valence-corrected chi connectivity index (χ4v) is 4.36. The number of amides is 1. The number of rotatable bonds is 11. The minimum absolute atomic E-state index is 0.0122. The van der Waals surface area contributed by atoms with E-state index in [0.717, 1.165) is 56.1 Å². The first kappa shape index (κ1) is 26.8. The van der Waals surface area contributed by atoms with Crippen molar-refractivity contribution in [2.45, 2.75) is 52.1 Å². The van der Waals surface area contributed by atoms with Crippen LogP contribution in [0.3, 0.4) is 0 Å². The minimum Gasteiger partial charge on any atom is -0.358 e. The van der Waals surface area contributed by atoms with Crippen LogP contribution < -0.4 is 11.1 Å². The molecule has 7 heteroatoms. The van der Waals surface area contributed by atoms with Crippen molar-refractivity contribution in [2.75, 3.05) is 39.3 Å². The highest BCUT2D eigenvalue weighted by Gasteiger charge is 2.18. The number of halogens is 1. The number of nitrogens with one attached hydrogen (secondary N) is 1. The van der Waals surface area contributed by atoms with Gasteiger partial charge in [-0.3, -0.25) is 14.7 Å². The van der Waals surface area contributed by atoms with Gasteiger partial charge in [-0.15, -0.1) is 0 Å². The highest BCUT2D eigenvalue weighted by molar-refractivity contribution is 5.94. The number of amidine groups is 1. The van der Waals surface area contributed by atoms with Crippen LogP contribution >= 0.6 is 0 Å². The van der Waals surface area contributed by atoms with Gasteiger partial charge in [0.25, 0.3) is 5.91 Å². The van der Waals surface area contributed by atoms with Gasteiger partial charge in [0.15, 0.2) is 0 Å². The van der Waals surface area contributed by atoms with E-state index >= 15 is 0 Å². The molecular weight excluding hydrogens is 441 g/mol. The van der Waals surface area contributed by atoms with Gasteiger partial charge in [-0.2, -0.15) is 0 Å². The number of piperazine rings is 1. The van der Waals surface area contributed by atoms with E-state index in [0.29, 0.717) is 13.0 Å². The number of aliphatic imine (C=N–C) groups is 1. The Morgan fingerprint density at radius 3 is 2.34 bits per heavy atom. The molecule has 1 aliphatic heterocycles. The second-order valence-electron chi connectivity index (χ2n) is 9.31. The van der Waals surface area contributed by atoms with Gasteiger partial charge in [0.1, 0.15) is 12.0 Å². The van der Waals surface area contributed by atoms with E-state index in [4.69, 9.17) is 5.73 Å². The van der Waals surface area contributed by atoms with Crippen LogP contribution in [0.1, 0.15) is 54.6 Å². The Hall–Kier alpha value is -2.77. The molecule has 0 aliphatic carbocycles. The second-order valence-corrected chi connectivity index (χ2v) is 9.31. The summed E-state index contributed by atoms with van der Waals surface area (Å²) in [5.74, 6) is 0.679. The first-order chi connectivity index (χ1) is 16.9. The quantitative estimate of drug-likeness (QED) is 0.290. The van der Waals surface area contributed by atoms with Crippen LogP contribution in [0.15, 0.2) is 53.5 Å². The van der Waals surface area contributed by atoms with Gasteiger partial charge < -0.3 is 16.0 Å². The molecular formula is C28H40FN5O. The highest BCUT2D eigenvalue weighted by Crippen LogP contribution is 2.10. The van der Waals surface area contributed by atoms with Crippen LogP contribution in [0, 0.1) is 5.82 Å². The van der Waals surface area contributed by atoms with Gasteiger partial charge in [-0.1, -0.05) is 44.0 Å². The fraction of sp³-hybridized carbons (Fsp3) is 0.500. The lowest BCUT2D eigenvalue weighted by atomic mass is 10.1. The summed E-state index contributed by atoms with van der Waals surface area (Å²) in [6, 6.07) is 14.4. The number of nitrogens with zero attached hydrogens (tertiary/aromatic N) is 3. The summed E-state index contributed by atoms with van der Waals surface area (Å²) in [6.45, 7) is 9.26. The lowest BCUT2D eigenvalue weighted by Gasteiger charge is -2.36. The molecule has 0 radical (unpaired) electrons. The average molecular weight is 482 g/mol. The van der Waals surface area contributed by atoms with Gasteiger partial charge in [-0.05, 0) is 55.2 Å². The molecule has 1 amide bonds. The number of nitrogens with two attached hydrogens (primary N) is 1. The van der Waals surface area contributed by atoms with Crippen LogP contribution in [-0.4, -0.2) is 67.0 Å². The Kier molecular flexibility index (Phi) is 10.7. The Balaban J connectivity index is 1.35. The first-order valence-corrected chi connectivity index (χ1v) is 12.8. The maximum absolute atomic E-state index is 13.1. The molecule has 1 unspecified atom stereocenters. The van der Waals surface area contributed by atoms with Crippen molar-refractivity contribution < 1.29 is 9.18 Å². The van der Waals surface area contributed by atoms with Crippen LogP contribution in [0.4, 0.5) is 4.39 Å². The monoisotopic (exact) mass is 481 g/mol. The molecule has 0 spiro atoms. The van der Waals surface area contributed by atoms with Crippen LogP contribution in [0.5, 0.6) is 0 Å². The molecule has 3 rings (SSSR count). The molecule has 2 aromatic rings. The average Bonchev–Trinajstić information content (AvgIpc) is 2.86. The van der Waals surface area contributed by atoms with Crippen molar-refractivity contribution >= 4 is 11.7 Å². The molecule has 6 nitrogen and oxygen atoms in total. The number of unbranched alkanes of at least 4 members (excludes halogenated alkanes) is 2. The first-order valence-electron chi connectivity index (χ1n) is 12.8. The fourth-order valence-electron chi connectivity index (χ4n) is 4.36. The van der Waals surface area contributed by atoms with Gasteiger partial charge in [0.2, 0.25) is 0 Å². The van der Waals surface area contributed by atoms with E-state index in [-0.39, 0.29) is 17.9 Å². The van der Waals surface area contributed by atoms with Crippen molar-refractivity contribution in [2.24, 2.45) is 10.7 Å². The largest absolute Gasteiger partial charge is 0.358 e. The number of hydrogen-bond acceptors (Lipinski definition) is 4. The number of carbonyl (C=O) groups excluding carboxylic acids is 1. The molecule has 0 saturated carbocycles. The summed E-state index contributed by atoms with van der Waals surface area (Å²) < 4.78 is 13.1. The van der Waals surface area contributed by atoms with Gasteiger partial charge in [-0.25, -0.2) is 4.39 Å². The maximum atomic E-state index is 13.1. The molecule has 0 aromatic heterocycles. The number of aryl methyl sites for hydroxylation is 1. The third-order valence-electron chi connectivity index (χ3n) is 6.54. The Bertz CT molecular complexity index is 937. The van der Waals surface area contributed by atoms with E-state index in [1.54, 1.807) is 12.1 Å². The maximum Gasteiger partial charge on any atom is 0.251 e. The number of carbonyl (C=O) groups is 1. The topological polar surface area (TPSA) is 74.0 Å². The van der Waals surface area contributed by atoms with Crippen molar-refractivity contribution in [3.63, 3.8) is 0 Å². The second kappa shape index (κ2) is 14.0. The zero-order valence-electron chi connectivity index (χ0n) is 21.2. The van der Waals surface area contributed by atoms with E-state index in [9.17, 15) is 9.18 Å². The molecule has 190 valence electrons. The summed E-state index contributed by atoms with van der Waals surface area (Å²) in [5, 5.41) is 3.05. The van der Waals surface area contributed by atoms with Crippen LogP contribution in [0.2, 0.25) is 0 Å². The Morgan fingerprint density at radius 2 is 1.69 bits per heavy atom. The SMILES string of the molecule is CCCCCc1ccc(C(=O)NCCN2CCN(/C(C)=N/C(N)Cc3ccc(F)cc3)CC2)cc1. The standard InChI is InChI=1S/C28H40FN5O/c1-3-4-5-6-23-7-11-25(12-8-23)28(35)31-15-16-33-17-19-34(20-18-33)22(2)32-27(30)21-24-9-13-26(29)14-10-24/h7-14,27H,3-6,15-21,30H2,1-2H3,(H,31,35)/b32-22+.